The summed E-state index contributed by atoms with van der Waals surface area (Å²) in [7, 11) is 0. The summed E-state index contributed by atoms with van der Waals surface area (Å²) in [5, 5.41) is 22.3. The molecule has 1 aromatic rings. The first-order chi connectivity index (χ1) is 7.56. The molecule has 0 heterocycles. The summed E-state index contributed by atoms with van der Waals surface area (Å²) in [6.07, 6.45) is 2.05. The summed E-state index contributed by atoms with van der Waals surface area (Å²) < 4.78 is 0. The van der Waals surface area contributed by atoms with Crippen molar-refractivity contribution in [3.8, 4) is 5.75 Å². The van der Waals surface area contributed by atoms with Crippen LogP contribution in [-0.4, -0.2) is 22.4 Å². The van der Waals surface area contributed by atoms with Crippen LogP contribution in [-0.2, 0) is 6.54 Å². The maximum atomic E-state index is 9.80. The highest BCUT2D eigenvalue weighted by Gasteiger charge is 2.41. The van der Waals surface area contributed by atoms with E-state index in [0.29, 0.717) is 12.3 Å². The van der Waals surface area contributed by atoms with Gasteiger partial charge < -0.3 is 15.5 Å². The minimum Gasteiger partial charge on any atom is -0.508 e. The van der Waals surface area contributed by atoms with Crippen LogP contribution in [0.4, 0.5) is 0 Å². The number of nitrogens with one attached hydrogen (secondary N) is 1. The van der Waals surface area contributed by atoms with Crippen LogP contribution in [0, 0.1) is 13.8 Å². The van der Waals surface area contributed by atoms with E-state index in [0.717, 1.165) is 24.0 Å². The molecule has 0 saturated heterocycles. The van der Waals surface area contributed by atoms with Crippen molar-refractivity contribution in [2.24, 2.45) is 0 Å². The normalized spacial score (nSPS) is 17.4. The lowest BCUT2D eigenvalue weighted by Crippen LogP contribution is -2.34. The number of aryl methyl sites for hydroxylation is 2. The average Bonchev–Trinajstić information content (AvgIpc) is 3.02. The maximum Gasteiger partial charge on any atom is 0.120 e. The second kappa shape index (κ2) is 4.07. The molecular formula is C13H19NO2. The Morgan fingerprint density at radius 2 is 1.88 bits per heavy atom. The van der Waals surface area contributed by atoms with Crippen molar-refractivity contribution >= 4 is 0 Å². The van der Waals surface area contributed by atoms with E-state index >= 15 is 0 Å². The molecule has 0 spiro atoms. The Kier molecular flexibility index (Phi) is 2.91. The van der Waals surface area contributed by atoms with E-state index in [1.165, 1.54) is 5.56 Å². The lowest BCUT2D eigenvalue weighted by molar-refractivity contribution is 0.229. The fraction of sp³-hybridized carbons (Fsp3) is 0.538. The third kappa shape index (κ3) is 2.20. The maximum absolute atomic E-state index is 9.80. The Bertz CT molecular complexity index is 397. The van der Waals surface area contributed by atoms with E-state index in [1.807, 2.05) is 19.9 Å². The number of hydrogen-bond donors (Lipinski definition) is 3. The second-order valence-corrected chi connectivity index (χ2v) is 4.86. The van der Waals surface area contributed by atoms with Gasteiger partial charge in [-0.15, -0.1) is 0 Å². The van der Waals surface area contributed by atoms with E-state index in [4.69, 9.17) is 0 Å². The van der Waals surface area contributed by atoms with E-state index < -0.39 is 0 Å². The van der Waals surface area contributed by atoms with Crippen LogP contribution in [0.1, 0.15) is 29.5 Å². The van der Waals surface area contributed by atoms with Crippen molar-refractivity contribution in [2.45, 2.75) is 38.8 Å². The van der Waals surface area contributed by atoms with Crippen molar-refractivity contribution in [1.29, 1.82) is 0 Å². The summed E-state index contributed by atoms with van der Waals surface area (Å²) in [6, 6.07) is 3.80. The molecule has 0 radical (unpaired) electrons. The second-order valence-electron chi connectivity index (χ2n) is 4.86. The van der Waals surface area contributed by atoms with E-state index in [1.54, 1.807) is 6.07 Å². The van der Waals surface area contributed by atoms with Crippen LogP contribution in [0.25, 0.3) is 0 Å². The molecule has 0 amide bonds. The number of aliphatic hydroxyl groups is 1. The smallest absolute Gasteiger partial charge is 0.120 e. The minimum absolute atomic E-state index is 0.0781. The number of aromatic hydroxyl groups is 1. The van der Waals surface area contributed by atoms with Gasteiger partial charge >= 0.3 is 0 Å². The zero-order valence-corrected chi connectivity index (χ0v) is 9.88. The highest BCUT2D eigenvalue weighted by molar-refractivity contribution is 5.40. The van der Waals surface area contributed by atoms with Gasteiger partial charge in [0, 0.05) is 17.6 Å². The van der Waals surface area contributed by atoms with Gasteiger partial charge in [-0.25, -0.2) is 0 Å². The van der Waals surface area contributed by atoms with Gasteiger partial charge in [0.1, 0.15) is 5.75 Å². The average molecular weight is 221 g/mol. The van der Waals surface area contributed by atoms with Crippen LogP contribution in [0.15, 0.2) is 12.1 Å². The fourth-order valence-corrected chi connectivity index (χ4v) is 1.83. The summed E-state index contributed by atoms with van der Waals surface area (Å²) in [6.45, 7) is 4.83. The molecular weight excluding hydrogens is 202 g/mol. The minimum atomic E-state index is -0.0781. The molecule has 1 aliphatic rings. The Morgan fingerprint density at radius 3 is 2.44 bits per heavy atom. The monoisotopic (exact) mass is 221 g/mol. The van der Waals surface area contributed by atoms with Crippen LogP contribution in [0.3, 0.4) is 0 Å². The standard InChI is InChI=1S/C13H19NO2/c1-9-5-11(12(16)6-10(9)2)7-14-13(8-15)3-4-13/h5-6,14-16H,3-4,7-8H2,1-2H3. The molecule has 3 N–H and O–H groups in total. The summed E-state index contributed by atoms with van der Waals surface area (Å²) in [5.41, 5.74) is 3.11. The lowest BCUT2D eigenvalue weighted by Gasteiger charge is -2.15. The first-order valence-corrected chi connectivity index (χ1v) is 5.71. The molecule has 0 unspecified atom stereocenters. The fourth-order valence-electron chi connectivity index (χ4n) is 1.83. The molecule has 3 nitrogen and oxygen atoms in total. The van der Waals surface area contributed by atoms with Gasteiger partial charge in [-0.1, -0.05) is 6.07 Å². The number of hydrogen-bond acceptors (Lipinski definition) is 3. The van der Waals surface area contributed by atoms with Crippen molar-refractivity contribution in [3.05, 3.63) is 28.8 Å². The molecule has 16 heavy (non-hydrogen) atoms. The van der Waals surface area contributed by atoms with Gasteiger partial charge in [0.15, 0.2) is 0 Å². The van der Waals surface area contributed by atoms with E-state index in [-0.39, 0.29) is 12.1 Å². The molecule has 1 aromatic carbocycles. The highest BCUT2D eigenvalue weighted by atomic mass is 16.3. The third-order valence-corrected chi connectivity index (χ3v) is 3.51. The number of rotatable bonds is 4. The predicted molar refractivity (Wildman–Crippen MR) is 63.5 cm³/mol. The Hall–Kier alpha value is -1.06. The van der Waals surface area contributed by atoms with Gasteiger partial charge in [-0.2, -0.15) is 0 Å². The summed E-state index contributed by atoms with van der Waals surface area (Å²) >= 11 is 0. The van der Waals surface area contributed by atoms with Crippen molar-refractivity contribution in [1.82, 2.24) is 5.32 Å². The molecule has 0 aromatic heterocycles. The van der Waals surface area contributed by atoms with E-state index in [2.05, 4.69) is 5.32 Å². The molecule has 2 rings (SSSR count). The van der Waals surface area contributed by atoms with Gasteiger partial charge in [0.2, 0.25) is 0 Å². The van der Waals surface area contributed by atoms with Gasteiger partial charge in [-0.05, 0) is 43.9 Å². The molecule has 0 aliphatic heterocycles. The van der Waals surface area contributed by atoms with Crippen molar-refractivity contribution in [3.63, 3.8) is 0 Å². The zero-order chi connectivity index (χ0) is 11.8. The predicted octanol–water partition coefficient (Wildman–Crippen LogP) is 1.62. The Balaban J connectivity index is 2.07. The number of phenolic OH excluding ortho intramolecular Hbond substituents is 1. The van der Waals surface area contributed by atoms with Crippen LogP contribution in [0.5, 0.6) is 5.75 Å². The van der Waals surface area contributed by atoms with Gasteiger partial charge in [0.05, 0.1) is 6.61 Å². The first-order valence-electron chi connectivity index (χ1n) is 5.71. The van der Waals surface area contributed by atoms with Crippen molar-refractivity contribution in [2.75, 3.05) is 6.61 Å². The lowest BCUT2D eigenvalue weighted by atomic mass is 10.0. The quantitative estimate of drug-likeness (QED) is 0.724. The summed E-state index contributed by atoms with van der Waals surface area (Å²) in [4.78, 5) is 0. The molecule has 1 saturated carbocycles. The van der Waals surface area contributed by atoms with Gasteiger partial charge in [0.25, 0.3) is 0 Å². The molecule has 88 valence electrons. The largest absolute Gasteiger partial charge is 0.508 e. The molecule has 0 bridgehead atoms. The molecule has 3 heteroatoms. The number of aliphatic hydroxyl groups excluding tert-OH is 1. The van der Waals surface area contributed by atoms with Crippen LogP contribution >= 0.6 is 0 Å². The Labute approximate surface area is 96.1 Å². The molecule has 0 atom stereocenters. The highest BCUT2D eigenvalue weighted by Crippen LogP contribution is 2.35. The third-order valence-electron chi connectivity index (χ3n) is 3.51. The first kappa shape index (κ1) is 11.4. The number of phenols is 1. The van der Waals surface area contributed by atoms with Crippen molar-refractivity contribution < 1.29 is 10.2 Å². The van der Waals surface area contributed by atoms with E-state index in [9.17, 15) is 10.2 Å². The van der Waals surface area contributed by atoms with Gasteiger partial charge in [-0.3, -0.25) is 0 Å². The topological polar surface area (TPSA) is 52.5 Å². The van der Waals surface area contributed by atoms with Crippen LogP contribution in [0.2, 0.25) is 0 Å². The van der Waals surface area contributed by atoms with Crippen LogP contribution < -0.4 is 5.32 Å². The zero-order valence-electron chi connectivity index (χ0n) is 9.88. The summed E-state index contributed by atoms with van der Waals surface area (Å²) in [5.74, 6) is 0.337. The molecule has 1 fully saturated rings. The Morgan fingerprint density at radius 1 is 1.25 bits per heavy atom. The number of benzene rings is 1. The SMILES string of the molecule is Cc1cc(O)c(CNC2(CO)CC2)cc1C. The molecule has 1 aliphatic carbocycles.